The highest BCUT2D eigenvalue weighted by Gasteiger charge is 2.18. The Kier molecular flexibility index (Phi) is 5.56. The van der Waals surface area contributed by atoms with Crippen molar-refractivity contribution in [1.82, 2.24) is 5.32 Å². The quantitative estimate of drug-likeness (QED) is 0.673. The van der Waals surface area contributed by atoms with Crippen LogP contribution in [0.15, 0.2) is 84.9 Å². The first-order chi connectivity index (χ1) is 12.7. The lowest BCUT2D eigenvalue weighted by molar-refractivity contribution is 0.0908. The van der Waals surface area contributed by atoms with E-state index in [4.69, 9.17) is 0 Å². The molecule has 0 saturated carbocycles. The molecule has 0 heterocycles. The number of carbonyl (C=O) groups excluding carboxylic acids is 2. The molecule has 3 rings (SSSR count). The highest BCUT2D eigenvalue weighted by Crippen LogP contribution is 2.16. The highest BCUT2D eigenvalue weighted by molar-refractivity contribution is 6.15. The highest BCUT2D eigenvalue weighted by atomic mass is 16.3. The lowest BCUT2D eigenvalue weighted by Gasteiger charge is -2.13. The van der Waals surface area contributed by atoms with Crippen LogP contribution in [0.3, 0.4) is 0 Å². The van der Waals surface area contributed by atoms with Gasteiger partial charge in [0, 0.05) is 17.7 Å². The number of carbonyl (C=O) groups is 2. The topological polar surface area (TPSA) is 66.4 Å². The fourth-order valence-electron chi connectivity index (χ4n) is 2.70. The van der Waals surface area contributed by atoms with Crippen molar-refractivity contribution in [3.63, 3.8) is 0 Å². The van der Waals surface area contributed by atoms with E-state index in [0.717, 1.165) is 5.56 Å². The second kappa shape index (κ2) is 8.23. The minimum Gasteiger partial charge on any atom is -0.387 e. The van der Waals surface area contributed by atoms with Crippen molar-refractivity contribution in [3.8, 4) is 0 Å². The van der Waals surface area contributed by atoms with Gasteiger partial charge < -0.3 is 10.4 Å². The SMILES string of the molecule is O=C(NCC(O)c1ccccc1)c1ccccc1C(=O)c1ccccc1. The summed E-state index contributed by atoms with van der Waals surface area (Å²) in [6.07, 6.45) is -0.808. The van der Waals surface area contributed by atoms with E-state index in [9.17, 15) is 14.7 Å². The zero-order chi connectivity index (χ0) is 18.4. The number of hydrogen-bond donors (Lipinski definition) is 2. The van der Waals surface area contributed by atoms with Gasteiger partial charge in [-0.25, -0.2) is 0 Å². The maximum Gasteiger partial charge on any atom is 0.252 e. The van der Waals surface area contributed by atoms with E-state index in [1.54, 1.807) is 60.7 Å². The molecule has 4 heteroatoms. The van der Waals surface area contributed by atoms with Crippen molar-refractivity contribution in [3.05, 3.63) is 107 Å². The Morgan fingerprint density at radius 3 is 1.96 bits per heavy atom. The summed E-state index contributed by atoms with van der Waals surface area (Å²) in [6, 6.07) is 24.6. The second-order valence-electron chi connectivity index (χ2n) is 5.88. The average Bonchev–Trinajstić information content (AvgIpc) is 2.72. The Bertz CT molecular complexity index is 892. The molecule has 0 aromatic heterocycles. The molecule has 0 aliphatic rings. The van der Waals surface area contributed by atoms with Crippen LogP contribution in [-0.4, -0.2) is 23.3 Å². The standard InChI is InChI=1S/C22H19NO3/c24-20(16-9-3-1-4-10-16)15-23-22(26)19-14-8-7-13-18(19)21(25)17-11-5-2-6-12-17/h1-14,20,24H,15H2,(H,23,26). The summed E-state index contributed by atoms with van der Waals surface area (Å²) in [4.78, 5) is 25.3. The van der Waals surface area contributed by atoms with Gasteiger partial charge in [-0.15, -0.1) is 0 Å². The first kappa shape index (κ1) is 17.6. The van der Waals surface area contributed by atoms with Gasteiger partial charge >= 0.3 is 0 Å². The van der Waals surface area contributed by atoms with Gasteiger partial charge in [-0.1, -0.05) is 78.9 Å². The number of benzene rings is 3. The van der Waals surface area contributed by atoms with Crippen LogP contribution < -0.4 is 5.32 Å². The first-order valence-corrected chi connectivity index (χ1v) is 8.37. The molecule has 2 N–H and O–H groups in total. The molecule has 1 unspecified atom stereocenters. The monoisotopic (exact) mass is 345 g/mol. The molecule has 0 fully saturated rings. The van der Waals surface area contributed by atoms with E-state index in [0.29, 0.717) is 16.7 Å². The molecule has 0 aliphatic carbocycles. The summed E-state index contributed by atoms with van der Waals surface area (Å²) < 4.78 is 0. The molecule has 0 bridgehead atoms. The van der Waals surface area contributed by atoms with E-state index in [1.807, 2.05) is 24.3 Å². The zero-order valence-electron chi connectivity index (χ0n) is 14.1. The molecule has 0 saturated heterocycles. The third kappa shape index (κ3) is 4.05. The molecule has 0 spiro atoms. The Balaban J connectivity index is 1.75. The number of nitrogens with one attached hydrogen (secondary N) is 1. The normalized spacial score (nSPS) is 11.6. The Morgan fingerprint density at radius 2 is 1.31 bits per heavy atom. The molecule has 1 atom stereocenters. The van der Waals surface area contributed by atoms with Crippen molar-refractivity contribution < 1.29 is 14.7 Å². The molecule has 3 aromatic carbocycles. The van der Waals surface area contributed by atoms with Gasteiger partial charge in [-0.2, -0.15) is 0 Å². The van der Waals surface area contributed by atoms with E-state index in [-0.39, 0.29) is 18.2 Å². The van der Waals surface area contributed by atoms with Crippen LogP contribution in [0.25, 0.3) is 0 Å². The molecular formula is C22H19NO3. The molecule has 0 aliphatic heterocycles. The van der Waals surface area contributed by atoms with Gasteiger partial charge in [-0.05, 0) is 11.6 Å². The number of aliphatic hydroxyl groups is 1. The van der Waals surface area contributed by atoms with E-state index in [1.165, 1.54) is 0 Å². The summed E-state index contributed by atoms with van der Waals surface area (Å²) in [5, 5.41) is 12.9. The lowest BCUT2D eigenvalue weighted by Crippen LogP contribution is -2.29. The van der Waals surface area contributed by atoms with Crippen LogP contribution in [0.5, 0.6) is 0 Å². The fraction of sp³-hybridized carbons (Fsp3) is 0.0909. The largest absolute Gasteiger partial charge is 0.387 e. The van der Waals surface area contributed by atoms with Crippen LogP contribution in [0.1, 0.15) is 37.9 Å². The Morgan fingerprint density at radius 1 is 0.769 bits per heavy atom. The molecular weight excluding hydrogens is 326 g/mol. The molecule has 1 amide bonds. The first-order valence-electron chi connectivity index (χ1n) is 8.37. The maximum absolute atomic E-state index is 12.7. The minimum atomic E-state index is -0.808. The Labute approximate surface area is 152 Å². The fourth-order valence-corrected chi connectivity index (χ4v) is 2.70. The third-order valence-electron chi connectivity index (χ3n) is 4.09. The van der Waals surface area contributed by atoms with Crippen LogP contribution in [-0.2, 0) is 0 Å². The van der Waals surface area contributed by atoms with Crippen LogP contribution in [0.2, 0.25) is 0 Å². The summed E-state index contributed by atoms with van der Waals surface area (Å²) >= 11 is 0. The minimum absolute atomic E-state index is 0.0662. The van der Waals surface area contributed by atoms with Gasteiger partial charge in [0.2, 0.25) is 0 Å². The van der Waals surface area contributed by atoms with Crippen molar-refractivity contribution in [1.29, 1.82) is 0 Å². The molecule has 0 radical (unpaired) electrons. The average molecular weight is 345 g/mol. The van der Waals surface area contributed by atoms with E-state index in [2.05, 4.69) is 5.32 Å². The summed E-state index contributed by atoms with van der Waals surface area (Å²) in [6.45, 7) is 0.0662. The number of rotatable bonds is 6. The number of aliphatic hydroxyl groups excluding tert-OH is 1. The van der Waals surface area contributed by atoms with Crippen molar-refractivity contribution in [2.45, 2.75) is 6.10 Å². The van der Waals surface area contributed by atoms with Gasteiger partial charge in [0.05, 0.1) is 11.7 Å². The lowest BCUT2D eigenvalue weighted by atomic mass is 9.98. The molecule has 26 heavy (non-hydrogen) atoms. The van der Waals surface area contributed by atoms with Crippen LogP contribution >= 0.6 is 0 Å². The van der Waals surface area contributed by atoms with Crippen molar-refractivity contribution >= 4 is 11.7 Å². The second-order valence-corrected chi connectivity index (χ2v) is 5.88. The Hall–Kier alpha value is -3.24. The maximum atomic E-state index is 12.7. The van der Waals surface area contributed by atoms with E-state index >= 15 is 0 Å². The van der Waals surface area contributed by atoms with Crippen LogP contribution in [0.4, 0.5) is 0 Å². The van der Waals surface area contributed by atoms with Crippen molar-refractivity contribution in [2.75, 3.05) is 6.54 Å². The van der Waals surface area contributed by atoms with Gasteiger partial charge in [0.1, 0.15) is 0 Å². The number of amides is 1. The smallest absolute Gasteiger partial charge is 0.252 e. The van der Waals surface area contributed by atoms with Gasteiger partial charge in [0.15, 0.2) is 5.78 Å². The predicted molar refractivity (Wildman–Crippen MR) is 100 cm³/mol. The third-order valence-corrected chi connectivity index (χ3v) is 4.09. The summed E-state index contributed by atoms with van der Waals surface area (Å²) in [5.41, 5.74) is 1.88. The predicted octanol–water partition coefficient (Wildman–Crippen LogP) is 3.38. The van der Waals surface area contributed by atoms with E-state index < -0.39 is 6.10 Å². The molecule has 3 aromatic rings. The van der Waals surface area contributed by atoms with Gasteiger partial charge in [0.25, 0.3) is 5.91 Å². The number of hydrogen-bond acceptors (Lipinski definition) is 3. The van der Waals surface area contributed by atoms with Crippen LogP contribution in [0, 0.1) is 0 Å². The van der Waals surface area contributed by atoms with Crippen molar-refractivity contribution in [2.24, 2.45) is 0 Å². The zero-order valence-corrected chi connectivity index (χ0v) is 14.1. The summed E-state index contributed by atoms with van der Waals surface area (Å²) in [5.74, 6) is -0.597. The number of ketones is 1. The summed E-state index contributed by atoms with van der Waals surface area (Å²) in [7, 11) is 0. The molecule has 4 nitrogen and oxygen atoms in total. The van der Waals surface area contributed by atoms with Gasteiger partial charge in [-0.3, -0.25) is 9.59 Å². The molecule has 130 valence electrons.